The van der Waals surface area contributed by atoms with E-state index in [1.165, 1.54) is 77.0 Å². The van der Waals surface area contributed by atoms with E-state index in [0.29, 0.717) is 32.4 Å². The van der Waals surface area contributed by atoms with Gasteiger partial charge in [0.1, 0.15) is 18.3 Å². The van der Waals surface area contributed by atoms with Gasteiger partial charge in [0.15, 0.2) is 0 Å². The molecule has 1 atom stereocenters. The molecule has 0 fully saturated rings. The number of hydrogen-bond acceptors (Lipinski definition) is 8. The zero-order valence-corrected chi connectivity index (χ0v) is 45.0. The first-order valence-corrected chi connectivity index (χ1v) is 28.8. The fourth-order valence-electron chi connectivity index (χ4n) is 9.04. The number of amides is 1. The van der Waals surface area contributed by atoms with Crippen molar-refractivity contribution in [1.29, 1.82) is 0 Å². The van der Waals surface area contributed by atoms with E-state index in [4.69, 9.17) is 14.2 Å². The lowest BCUT2D eigenvalue weighted by Crippen LogP contribution is -2.38. The van der Waals surface area contributed by atoms with Crippen LogP contribution in [0.5, 0.6) is 0 Å². The molecule has 9 nitrogen and oxygen atoms in total. The predicted octanol–water partition coefficient (Wildman–Crippen LogP) is 16.2. The highest BCUT2D eigenvalue weighted by Crippen LogP contribution is 2.22. The minimum Gasteiger partial charge on any atom is -0.462 e. The number of rotatable bonds is 50. The minimum atomic E-state index is -0.402. The van der Waals surface area contributed by atoms with Gasteiger partial charge < -0.3 is 29.1 Å². The Kier molecular flexibility index (Phi) is 46.8. The van der Waals surface area contributed by atoms with E-state index < -0.39 is 6.10 Å². The second-order valence-electron chi connectivity index (χ2n) is 20.3. The van der Waals surface area contributed by atoms with Crippen LogP contribution in [0.1, 0.15) is 291 Å². The molecule has 0 rings (SSSR count). The molecule has 0 aliphatic rings. The highest BCUT2D eigenvalue weighted by atomic mass is 16.6. The van der Waals surface area contributed by atoms with Gasteiger partial charge in [-0.3, -0.25) is 9.59 Å². The summed E-state index contributed by atoms with van der Waals surface area (Å²) in [5.41, 5.74) is 0. The second-order valence-corrected chi connectivity index (χ2v) is 20.3. The summed E-state index contributed by atoms with van der Waals surface area (Å²) in [6, 6.07) is 0. The second kappa shape index (κ2) is 48.2. The molecular formula is C57H112N2O7. The highest BCUT2D eigenvalue weighted by molar-refractivity contribution is 5.70. The summed E-state index contributed by atoms with van der Waals surface area (Å²) in [4.78, 5) is 43.2. The van der Waals surface area contributed by atoms with Crippen LogP contribution in [0.3, 0.4) is 0 Å². The van der Waals surface area contributed by atoms with E-state index >= 15 is 0 Å². The van der Waals surface area contributed by atoms with Crippen molar-refractivity contribution < 1.29 is 33.7 Å². The van der Waals surface area contributed by atoms with Crippen LogP contribution in [0.25, 0.3) is 0 Å². The van der Waals surface area contributed by atoms with Gasteiger partial charge in [-0.05, 0) is 130 Å². The Morgan fingerprint density at radius 2 is 0.697 bits per heavy atom. The third-order valence-corrected chi connectivity index (χ3v) is 13.3. The standard InChI is InChI=1S/C57H112N2O7/c1-8-13-17-29-39-52(40-30-18-14-9-2)64-55(61)45-35-27-23-21-25-33-43-54(66-57(63)59(49-37-48-58(6)7)50-47-51(60)38-12-5)44-34-26-22-24-28-36-46-56(62)65-53(41-31-19-15-10-3)42-32-20-16-11-4/h51-54,60H,8-50H2,1-7H3. The Morgan fingerprint density at radius 3 is 1.05 bits per heavy atom. The van der Waals surface area contributed by atoms with E-state index in [1.54, 1.807) is 0 Å². The number of ether oxygens (including phenoxy) is 3. The summed E-state index contributed by atoms with van der Waals surface area (Å²) in [5, 5.41) is 10.5. The Bertz CT molecular complexity index is 991. The van der Waals surface area contributed by atoms with E-state index in [-0.39, 0.29) is 36.3 Å². The van der Waals surface area contributed by atoms with Crippen molar-refractivity contribution in [3.8, 4) is 0 Å². The SMILES string of the molecule is CCCCCCC(CCCCCC)OC(=O)CCCCCCCCC(CCCCCCCCC(=O)OC(CCCCCC)CCCCCC)OC(=O)N(CCCN(C)C)CCC(O)CCC. The molecule has 392 valence electrons. The maximum Gasteiger partial charge on any atom is 0.410 e. The smallest absolute Gasteiger partial charge is 0.410 e. The lowest BCUT2D eigenvalue weighted by Gasteiger charge is -2.27. The fourth-order valence-corrected chi connectivity index (χ4v) is 9.04. The van der Waals surface area contributed by atoms with Gasteiger partial charge in [-0.15, -0.1) is 0 Å². The maximum atomic E-state index is 13.7. The third kappa shape index (κ3) is 42.2. The monoisotopic (exact) mass is 937 g/mol. The van der Waals surface area contributed by atoms with Crippen molar-refractivity contribution in [1.82, 2.24) is 9.80 Å². The molecule has 66 heavy (non-hydrogen) atoms. The molecular weight excluding hydrogens is 825 g/mol. The van der Waals surface area contributed by atoms with Gasteiger partial charge >= 0.3 is 18.0 Å². The molecule has 0 heterocycles. The normalized spacial score (nSPS) is 12.2. The molecule has 1 unspecified atom stereocenters. The molecule has 0 aromatic carbocycles. The van der Waals surface area contributed by atoms with Crippen molar-refractivity contribution >= 4 is 18.0 Å². The molecule has 0 radical (unpaired) electrons. The molecule has 0 spiro atoms. The maximum absolute atomic E-state index is 13.7. The summed E-state index contributed by atoms with van der Waals surface area (Å²) in [7, 11) is 4.10. The number of esters is 2. The van der Waals surface area contributed by atoms with Gasteiger partial charge in [0.25, 0.3) is 0 Å². The fraction of sp³-hybridized carbons (Fsp3) is 0.947. The molecule has 1 amide bonds. The van der Waals surface area contributed by atoms with Gasteiger partial charge in [0, 0.05) is 25.9 Å². The third-order valence-electron chi connectivity index (χ3n) is 13.3. The summed E-state index contributed by atoms with van der Waals surface area (Å²) in [6.45, 7) is 13.0. The average Bonchev–Trinajstić information content (AvgIpc) is 3.29. The zero-order valence-electron chi connectivity index (χ0n) is 45.0. The van der Waals surface area contributed by atoms with Gasteiger partial charge in [-0.2, -0.15) is 0 Å². The Hall–Kier alpha value is -1.87. The molecule has 1 N–H and O–H groups in total. The van der Waals surface area contributed by atoms with Crippen LogP contribution in [0.2, 0.25) is 0 Å². The van der Waals surface area contributed by atoms with Gasteiger partial charge in [-0.25, -0.2) is 4.79 Å². The van der Waals surface area contributed by atoms with E-state index in [0.717, 1.165) is 167 Å². The zero-order chi connectivity index (χ0) is 48.7. The molecule has 0 aromatic rings. The van der Waals surface area contributed by atoms with Crippen molar-refractivity contribution in [3.63, 3.8) is 0 Å². The van der Waals surface area contributed by atoms with E-state index in [9.17, 15) is 19.5 Å². The first-order valence-electron chi connectivity index (χ1n) is 28.8. The van der Waals surface area contributed by atoms with Crippen LogP contribution in [-0.4, -0.2) is 91.1 Å². The molecule has 0 saturated carbocycles. The largest absolute Gasteiger partial charge is 0.462 e. The van der Waals surface area contributed by atoms with Gasteiger partial charge in [-0.1, -0.05) is 169 Å². The quantitative estimate of drug-likeness (QED) is 0.0365. The first kappa shape index (κ1) is 64.1. The van der Waals surface area contributed by atoms with Crippen LogP contribution < -0.4 is 0 Å². The number of hydrogen-bond donors (Lipinski definition) is 1. The van der Waals surface area contributed by atoms with Crippen LogP contribution in [0.15, 0.2) is 0 Å². The summed E-state index contributed by atoms with van der Waals surface area (Å²) < 4.78 is 18.3. The van der Waals surface area contributed by atoms with Crippen LogP contribution in [0.4, 0.5) is 4.79 Å². The van der Waals surface area contributed by atoms with Crippen molar-refractivity contribution in [3.05, 3.63) is 0 Å². The predicted molar refractivity (Wildman–Crippen MR) is 279 cm³/mol. The van der Waals surface area contributed by atoms with Crippen LogP contribution in [-0.2, 0) is 23.8 Å². The van der Waals surface area contributed by atoms with Crippen molar-refractivity contribution in [2.45, 2.75) is 316 Å². The molecule has 0 aliphatic carbocycles. The Morgan fingerprint density at radius 1 is 0.364 bits per heavy atom. The Labute approximate surface area is 409 Å². The minimum absolute atomic E-state index is 0.0173. The van der Waals surface area contributed by atoms with Crippen LogP contribution in [0, 0.1) is 0 Å². The number of unbranched alkanes of at least 4 members (excludes halogenated alkanes) is 22. The lowest BCUT2D eigenvalue weighted by atomic mass is 10.0. The summed E-state index contributed by atoms with van der Waals surface area (Å²) in [6.07, 6.45) is 41.2. The Balaban J connectivity index is 5.01. The van der Waals surface area contributed by atoms with E-state index in [2.05, 4.69) is 53.6 Å². The average molecular weight is 938 g/mol. The number of nitrogens with zero attached hydrogens (tertiary/aromatic N) is 2. The van der Waals surface area contributed by atoms with Crippen molar-refractivity contribution in [2.75, 3.05) is 33.7 Å². The van der Waals surface area contributed by atoms with Crippen molar-refractivity contribution in [2.24, 2.45) is 0 Å². The number of aliphatic hydroxyl groups excluding tert-OH is 1. The number of carbonyl (C=O) groups excluding carboxylic acids is 3. The summed E-state index contributed by atoms with van der Waals surface area (Å²) in [5.74, 6) is -0.0347. The lowest BCUT2D eigenvalue weighted by molar-refractivity contribution is -0.151. The van der Waals surface area contributed by atoms with E-state index in [1.807, 2.05) is 4.90 Å². The molecule has 9 heteroatoms. The molecule has 0 saturated heterocycles. The topological polar surface area (TPSA) is 106 Å². The summed E-state index contributed by atoms with van der Waals surface area (Å²) >= 11 is 0. The van der Waals surface area contributed by atoms with Crippen LogP contribution >= 0.6 is 0 Å². The molecule has 0 aliphatic heterocycles. The first-order chi connectivity index (χ1) is 32.1. The molecule has 0 aromatic heterocycles. The highest BCUT2D eigenvalue weighted by Gasteiger charge is 2.22. The molecule has 0 bridgehead atoms. The van der Waals surface area contributed by atoms with Gasteiger partial charge in [0.05, 0.1) is 6.10 Å². The number of carbonyl (C=O) groups is 3. The van der Waals surface area contributed by atoms with Gasteiger partial charge in [0.2, 0.25) is 0 Å². The number of aliphatic hydroxyl groups is 1.